The average Bonchev–Trinajstić information content (AvgIpc) is 2.52. The normalized spacial score (nSPS) is 9.91. The van der Waals surface area contributed by atoms with Crippen molar-refractivity contribution < 1.29 is 4.79 Å². The van der Waals surface area contributed by atoms with Crippen molar-refractivity contribution in [3.8, 4) is 0 Å². The summed E-state index contributed by atoms with van der Waals surface area (Å²) in [5.74, 6) is 0.706. The molecule has 0 amide bonds. The first-order valence-corrected chi connectivity index (χ1v) is 4.31. The zero-order chi connectivity index (χ0) is 8.10. The number of H-pyrrole nitrogens is 1. The SMILES string of the molecule is CCC(=O)CSc1ncn[nH]1. The molecule has 1 heterocycles. The van der Waals surface area contributed by atoms with Gasteiger partial charge in [-0.25, -0.2) is 4.98 Å². The van der Waals surface area contributed by atoms with Crippen molar-refractivity contribution in [3.63, 3.8) is 0 Å². The molecule has 0 atom stereocenters. The lowest BCUT2D eigenvalue weighted by atomic mass is 10.4. The van der Waals surface area contributed by atoms with Gasteiger partial charge in [0.05, 0.1) is 5.75 Å². The second-order valence-corrected chi connectivity index (χ2v) is 2.94. The highest BCUT2D eigenvalue weighted by molar-refractivity contribution is 7.99. The highest BCUT2D eigenvalue weighted by Crippen LogP contribution is 2.10. The van der Waals surface area contributed by atoms with Crippen LogP contribution in [0.5, 0.6) is 0 Å². The Bertz CT molecular complexity index is 222. The topological polar surface area (TPSA) is 58.6 Å². The third-order valence-corrected chi connectivity index (χ3v) is 2.09. The van der Waals surface area contributed by atoms with Gasteiger partial charge in [0.2, 0.25) is 0 Å². The lowest BCUT2D eigenvalue weighted by Crippen LogP contribution is -1.98. The molecule has 0 saturated carbocycles. The van der Waals surface area contributed by atoms with Crippen LogP contribution in [0.3, 0.4) is 0 Å². The van der Waals surface area contributed by atoms with Gasteiger partial charge >= 0.3 is 0 Å². The second-order valence-electron chi connectivity index (χ2n) is 1.97. The third-order valence-electron chi connectivity index (χ3n) is 1.16. The van der Waals surface area contributed by atoms with E-state index in [9.17, 15) is 4.79 Å². The summed E-state index contributed by atoms with van der Waals surface area (Å²) in [7, 11) is 0. The van der Waals surface area contributed by atoms with Crippen molar-refractivity contribution in [2.45, 2.75) is 18.5 Å². The van der Waals surface area contributed by atoms with Gasteiger partial charge in [-0.15, -0.1) is 0 Å². The molecule has 0 aromatic carbocycles. The molecular formula is C6H9N3OS. The van der Waals surface area contributed by atoms with Gasteiger partial charge in [0.15, 0.2) is 5.16 Å². The van der Waals surface area contributed by atoms with E-state index in [4.69, 9.17) is 0 Å². The van der Waals surface area contributed by atoms with Crippen molar-refractivity contribution in [1.82, 2.24) is 15.2 Å². The van der Waals surface area contributed by atoms with Gasteiger partial charge in [-0.3, -0.25) is 9.89 Å². The zero-order valence-electron chi connectivity index (χ0n) is 6.20. The highest BCUT2D eigenvalue weighted by Gasteiger charge is 2.00. The number of nitrogens with one attached hydrogen (secondary N) is 1. The largest absolute Gasteiger partial charge is 0.299 e. The van der Waals surface area contributed by atoms with Crippen LogP contribution in [-0.2, 0) is 4.79 Å². The number of carbonyl (C=O) groups is 1. The maximum atomic E-state index is 10.8. The summed E-state index contributed by atoms with van der Waals surface area (Å²) in [5, 5.41) is 7.02. The van der Waals surface area contributed by atoms with Crippen LogP contribution >= 0.6 is 11.8 Å². The predicted molar refractivity (Wildman–Crippen MR) is 42.4 cm³/mol. The van der Waals surface area contributed by atoms with E-state index in [-0.39, 0.29) is 5.78 Å². The first-order chi connectivity index (χ1) is 5.33. The zero-order valence-corrected chi connectivity index (χ0v) is 7.02. The van der Waals surface area contributed by atoms with E-state index in [0.29, 0.717) is 17.3 Å². The Hall–Kier alpha value is -0.840. The molecule has 0 bridgehead atoms. The maximum Gasteiger partial charge on any atom is 0.183 e. The van der Waals surface area contributed by atoms with Gasteiger partial charge in [0.25, 0.3) is 0 Å². The van der Waals surface area contributed by atoms with Crippen LogP contribution in [0.25, 0.3) is 0 Å². The molecule has 1 aromatic heterocycles. The van der Waals surface area contributed by atoms with Crippen molar-refractivity contribution in [1.29, 1.82) is 0 Å². The van der Waals surface area contributed by atoms with Crippen LogP contribution in [0.4, 0.5) is 0 Å². The summed E-state index contributed by atoms with van der Waals surface area (Å²) in [5.41, 5.74) is 0. The van der Waals surface area contributed by atoms with Gasteiger partial charge in [-0.1, -0.05) is 18.7 Å². The lowest BCUT2D eigenvalue weighted by molar-refractivity contribution is -0.116. The summed E-state index contributed by atoms with van der Waals surface area (Å²) < 4.78 is 0. The van der Waals surface area contributed by atoms with Gasteiger partial charge in [0, 0.05) is 6.42 Å². The molecule has 0 spiro atoms. The molecule has 1 rings (SSSR count). The van der Waals surface area contributed by atoms with Crippen LogP contribution in [0.2, 0.25) is 0 Å². The Kier molecular flexibility index (Phi) is 3.10. The lowest BCUT2D eigenvalue weighted by Gasteiger charge is -1.92. The van der Waals surface area contributed by atoms with E-state index in [2.05, 4.69) is 15.2 Å². The number of thioether (sulfide) groups is 1. The minimum atomic E-state index is 0.228. The fourth-order valence-electron chi connectivity index (χ4n) is 0.515. The molecule has 1 aromatic rings. The van der Waals surface area contributed by atoms with Crippen LogP contribution in [0, 0.1) is 0 Å². The molecule has 0 aliphatic rings. The molecule has 4 nitrogen and oxygen atoms in total. The Labute approximate surface area is 68.8 Å². The van der Waals surface area contributed by atoms with Crippen molar-refractivity contribution in [3.05, 3.63) is 6.33 Å². The Morgan fingerprint density at radius 2 is 2.64 bits per heavy atom. The number of aromatic amines is 1. The standard InChI is InChI=1S/C6H9N3OS/c1-2-5(10)3-11-6-7-4-8-9-6/h4H,2-3H2,1H3,(H,7,8,9). The average molecular weight is 171 g/mol. The number of ketones is 1. The molecule has 11 heavy (non-hydrogen) atoms. The van der Waals surface area contributed by atoms with E-state index < -0.39 is 0 Å². The molecule has 0 saturated heterocycles. The molecule has 60 valence electrons. The molecule has 0 unspecified atom stereocenters. The third kappa shape index (κ3) is 2.71. The summed E-state index contributed by atoms with van der Waals surface area (Å²) in [6.45, 7) is 1.85. The Balaban J connectivity index is 2.29. The van der Waals surface area contributed by atoms with E-state index >= 15 is 0 Å². The highest BCUT2D eigenvalue weighted by atomic mass is 32.2. The molecule has 5 heteroatoms. The van der Waals surface area contributed by atoms with Crippen LogP contribution in [0.1, 0.15) is 13.3 Å². The van der Waals surface area contributed by atoms with Gasteiger partial charge in [-0.2, -0.15) is 5.10 Å². The summed E-state index contributed by atoms with van der Waals surface area (Å²) in [6, 6.07) is 0. The molecule has 1 N–H and O–H groups in total. The first kappa shape index (κ1) is 8.26. The number of nitrogens with zero attached hydrogens (tertiary/aromatic N) is 2. The molecule has 0 aliphatic carbocycles. The van der Waals surface area contributed by atoms with Gasteiger partial charge < -0.3 is 0 Å². The van der Waals surface area contributed by atoms with Crippen LogP contribution in [0.15, 0.2) is 11.5 Å². The van der Waals surface area contributed by atoms with Crippen molar-refractivity contribution in [2.24, 2.45) is 0 Å². The fourth-order valence-corrected chi connectivity index (χ4v) is 1.26. The van der Waals surface area contributed by atoms with Crippen LogP contribution < -0.4 is 0 Å². The van der Waals surface area contributed by atoms with E-state index in [1.165, 1.54) is 18.1 Å². The smallest absolute Gasteiger partial charge is 0.183 e. The quantitative estimate of drug-likeness (QED) is 0.683. The monoisotopic (exact) mass is 171 g/mol. The summed E-state index contributed by atoms with van der Waals surface area (Å²) >= 11 is 1.38. The number of Topliss-reactive ketones (excluding diaryl/α,β-unsaturated/α-hetero) is 1. The van der Waals surface area contributed by atoms with Crippen LogP contribution in [-0.4, -0.2) is 26.7 Å². The van der Waals surface area contributed by atoms with E-state index in [0.717, 1.165) is 0 Å². The molecule has 0 aliphatic heterocycles. The first-order valence-electron chi connectivity index (χ1n) is 3.32. The van der Waals surface area contributed by atoms with E-state index in [1.807, 2.05) is 6.92 Å². The Morgan fingerprint density at radius 1 is 1.82 bits per heavy atom. The number of hydrogen-bond donors (Lipinski definition) is 1. The number of rotatable bonds is 4. The van der Waals surface area contributed by atoms with Gasteiger partial charge in [-0.05, 0) is 0 Å². The number of aromatic nitrogens is 3. The minimum absolute atomic E-state index is 0.228. The molecule has 0 radical (unpaired) electrons. The number of carbonyl (C=O) groups excluding carboxylic acids is 1. The maximum absolute atomic E-state index is 10.8. The van der Waals surface area contributed by atoms with Crippen molar-refractivity contribution in [2.75, 3.05) is 5.75 Å². The molecule has 0 fully saturated rings. The number of hydrogen-bond acceptors (Lipinski definition) is 4. The fraction of sp³-hybridized carbons (Fsp3) is 0.500. The summed E-state index contributed by atoms with van der Waals surface area (Å²) in [4.78, 5) is 14.7. The summed E-state index contributed by atoms with van der Waals surface area (Å²) in [6.07, 6.45) is 2.01. The second kappa shape index (κ2) is 4.12. The predicted octanol–water partition coefficient (Wildman–Crippen LogP) is 0.876. The van der Waals surface area contributed by atoms with Gasteiger partial charge in [0.1, 0.15) is 12.1 Å². The molecular weight excluding hydrogens is 162 g/mol. The minimum Gasteiger partial charge on any atom is -0.299 e. The Morgan fingerprint density at radius 3 is 3.18 bits per heavy atom. The van der Waals surface area contributed by atoms with E-state index in [1.54, 1.807) is 0 Å². The van der Waals surface area contributed by atoms with Crippen molar-refractivity contribution >= 4 is 17.5 Å².